The lowest BCUT2D eigenvalue weighted by Gasteiger charge is -2.24. The zero-order valence-electron chi connectivity index (χ0n) is 11.1. The summed E-state index contributed by atoms with van der Waals surface area (Å²) in [5.41, 5.74) is 3.24. The van der Waals surface area contributed by atoms with Gasteiger partial charge in [0.2, 0.25) is 0 Å². The number of fused-ring (bicyclic) bond motifs is 2. The van der Waals surface area contributed by atoms with Gasteiger partial charge in [0.15, 0.2) is 0 Å². The third-order valence-corrected chi connectivity index (χ3v) is 5.35. The summed E-state index contributed by atoms with van der Waals surface area (Å²) >= 11 is 0. The highest BCUT2D eigenvalue weighted by atomic mass is 14.9. The summed E-state index contributed by atoms with van der Waals surface area (Å²) in [6, 6.07) is 10.0. The van der Waals surface area contributed by atoms with Crippen LogP contribution in [0.4, 0.5) is 0 Å². The van der Waals surface area contributed by atoms with E-state index in [0.717, 1.165) is 30.3 Å². The van der Waals surface area contributed by atoms with Crippen LogP contribution in [0.2, 0.25) is 0 Å². The van der Waals surface area contributed by atoms with Gasteiger partial charge in [0.05, 0.1) is 0 Å². The van der Waals surface area contributed by atoms with Gasteiger partial charge in [-0.05, 0) is 61.0 Å². The zero-order valence-corrected chi connectivity index (χ0v) is 11.1. The molecule has 0 saturated heterocycles. The summed E-state index contributed by atoms with van der Waals surface area (Å²) in [6.45, 7) is 1.09. The number of nitrogens with one attached hydrogen (secondary N) is 1. The molecule has 1 N–H and O–H groups in total. The van der Waals surface area contributed by atoms with Gasteiger partial charge in [-0.25, -0.2) is 0 Å². The van der Waals surface area contributed by atoms with Gasteiger partial charge >= 0.3 is 0 Å². The van der Waals surface area contributed by atoms with Crippen molar-refractivity contribution < 1.29 is 0 Å². The zero-order chi connectivity index (χ0) is 11.9. The van der Waals surface area contributed by atoms with Crippen molar-refractivity contribution in [2.75, 3.05) is 0 Å². The van der Waals surface area contributed by atoms with Crippen LogP contribution >= 0.6 is 0 Å². The molecule has 96 valence electrons. The van der Waals surface area contributed by atoms with Gasteiger partial charge in [-0.2, -0.15) is 0 Å². The highest BCUT2D eigenvalue weighted by Gasteiger charge is 2.40. The lowest BCUT2D eigenvalue weighted by atomic mass is 9.81. The van der Waals surface area contributed by atoms with Crippen molar-refractivity contribution in [1.82, 2.24) is 5.32 Å². The molecule has 3 fully saturated rings. The second-order valence-corrected chi connectivity index (χ2v) is 6.64. The molecule has 3 unspecified atom stereocenters. The van der Waals surface area contributed by atoms with E-state index < -0.39 is 0 Å². The first kappa shape index (κ1) is 11.0. The minimum Gasteiger partial charge on any atom is -0.310 e. The van der Waals surface area contributed by atoms with E-state index in [9.17, 15) is 0 Å². The van der Waals surface area contributed by atoms with Crippen LogP contribution in [0.5, 0.6) is 0 Å². The fraction of sp³-hybridized carbons (Fsp3) is 0.647. The SMILES string of the molecule is c1ccc(C2CC3CCC2C3)c(CNC2CC2)c1. The number of hydrogen-bond donors (Lipinski definition) is 1. The van der Waals surface area contributed by atoms with E-state index in [0.29, 0.717) is 0 Å². The largest absolute Gasteiger partial charge is 0.310 e. The van der Waals surface area contributed by atoms with Crippen molar-refractivity contribution in [3.8, 4) is 0 Å². The number of hydrogen-bond acceptors (Lipinski definition) is 1. The Hall–Kier alpha value is -0.820. The Morgan fingerprint density at radius 3 is 2.61 bits per heavy atom. The molecule has 0 heterocycles. The van der Waals surface area contributed by atoms with E-state index in [4.69, 9.17) is 0 Å². The van der Waals surface area contributed by atoms with E-state index in [-0.39, 0.29) is 0 Å². The Kier molecular flexibility index (Phi) is 2.69. The monoisotopic (exact) mass is 241 g/mol. The van der Waals surface area contributed by atoms with Crippen molar-refractivity contribution >= 4 is 0 Å². The average Bonchev–Trinajstić information content (AvgIpc) is 3.00. The summed E-state index contributed by atoms with van der Waals surface area (Å²) in [5, 5.41) is 3.68. The maximum absolute atomic E-state index is 3.68. The van der Waals surface area contributed by atoms with E-state index in [2.05, 4.69) is 29.6 Å². The van der Waals surface area contributed by atoms with Crippen LogP contribution in [0.3, 0.4) is 0 Å². The molecule has 2 bridgehead atoms. The molecule has 18 heavy (non-hydrogen) atoms. The summed E-state index contributed by atoms with van der Waals surface area (Å²) in [6.07, 6.45) is 8.73. The Labute approximate surface area is 110 Å². The first-order chi connectivity index (χ1) is 8.90. The van der Waals surface area contributed by atoms with Gasteiger partial charge in [0, 0.05) is 12.6 Å². The Bertz CT molecular complexity index is 435. The van der Waals surface area contributed by atoms with E-state index in [1.54, 1.807) is 11.1 Å². The topological polar surface area (TPSA) is 12.0 Å². The average molecular weight is 241 g/mol. The fourth-order valence-electron chi connectivity index (χ4n) is 4.22. The van der Waals surface area contributed by atoms with Gasteiger partial charge in [-0.1, -0.05) is 30.7 Å². The predicted octanol–water partition coefficient (Wildman–Crippen LogP) is 3.84. The normalized spacial score (nSPS) is 34.1. The van der Waals surface area contributed by atoms with Crippen molar-refractivity contribution in [2.45, 2.75) is 57.0 Å². The fourth-order valence-corrected chi connectivity index (χ4v) is 4.22. The summed E-state index contributed by atoms with van der Waals surface area (Å²) < 4.78 is 0. The molecule has 0 amide bonds. The molecule has 0 spiro atoms. The molecule has 0 radical (unpaired) electrons. The molecule has 3 saturated carbocycles. The molecule has 1 nitrogen and oxygen atoms in total. The minimum absolute atomic E-state index is 0.818. The number of benzene rings is 1. The molecule has 1 heteroatoms. The molecule has 3 aliphatic rings. The molecule has 3 atom stereocenters. The minimum atomic E-state index is 0.818. The van der Waals surface area contributed by atoms with Crippen LogP contribution in [-0.2, 0) is 6.54 Å². The maximum Gasteiger partial charge on any atom is 0.0210 e. The van der Waals surface area contributed by atoms with Gasteiger partial charge < -0.3 is 5.32 Å². The van der Waals surface area contributed by atoms with Gasteiger partial charge in [0.1, 0.15) is 0 Å². The summed E-state index contributed by atoms with van der Waals surface area (Å²) in [4.78, 5) is 0. The van der Waals surface area contributed by atoms with Crippen LogP contribution in [0.1, 0.15) is 55.6 Å². The van der Waals surface area contributed by atoms with Crippen LogP contribution in [0, 0.1) is 11.8 Å². The highest BCUT2D eigenvalue weighted by Crippen LogP contribution is 2.53. The van der Waals surface area contributed by atoms with E-state index in [1.807, 2.05) is 0 Å². The summed E-state index contributed by atoms with van der Waals surface area (Å²) in [7, 11) is 0. The van der Waals surface area contributed by atoms with E-state index >= 15 is 0 Å². The predicted molar refractivity (Wildman–Crippen MR) is 74.5 cm³/mol. The first-order valence-corrected chi connectivity index (χ1v) is 7.71. The quantitative estimate of drug-likeness (QED) is 0.844. The number of rotatable bonds is 4. The Balaban J connectivity index is 1.55. The van der Waals surface area contributed by atoms with Crippen LogP contribution in [0.25, 0.3) is 0 Å². The lowest BCUT2D eigenvalue weighted by Crippen LogP contribution is -2.18. The van der Waals surface area contributed by atoms with E-state index in [1.165, 1.54) is 38.5 Å². The Morgan fingerprint density at radius 1 is 1.00 bits per heavy atom. The molecule has 3 aliphatic carbocycles. The van der Waals surface area contributed by atoms with Crippen LogP contribution in [0.15, 0.2) is 24.3 Å². The van der Waals surface area contributed by atoms with Crippen molar-refractivity contribution in [1.29, 1.82) is 0 Å². The second kappa shape index (κ2) is 4.38. The summed E-state index contributed by atoms with van der Waals surface area (Å²) in [5.74, 6) is 2.92. The van der Waals surface area contributed by atoms with Gasteiger partial charge in [-0.15, -0.1) is 0 Å². The smallest absolute Gasteiger partial charge is 0.0210 e. The molecule has 1 aromatic rings. The molecular weight excluding hydrogens is 218 g/mol. The third kappa shape index (κ3) is 1.99. The molecule has 1 aromatic carbocycles. The second-order valence-electron chi connectivity index (χ2n) is 6.64. The molecular formula is C17H23N. The van der Waals surface area contributed by atoms with Gasteiger partial charge in [-0.3, -0.25) is 0 Å². The van der Waals surface area contributed by atoms with Crippen LogP contribution in [-0.4, -0.2) is 6.04 Å². The van der Waals surface area contributed by atoms with Crippen LogP contribution < -0.4 is 5.32 Å². The molecule has 4 rings (SSSR count). The van der Waals surface area contributed by atoms with Gasteiger partial charge in [0.25, 0.3) is 0 Å². The molecule has 0 aromatic heterocycles. The third-order valence-electron chi connectivity index (χ3n) is 5.35. The van der Waals surface area contributed by atoms with Crippen molar-refractivity contribution in [3.05, 3.63) is 35.4 Å². The Morgan fingerprint density at radius 2 is 1.89 bits per heavy atom. The standard InChI is InChI=1S/C17H23N/c1-2-4-16(14(3-1)11-18-15-7-8-15)17-10-12-5-6-13(17)9-12/h1-4,12-13,15,17-18H,5-11H2. The first-order valence-electron chi connectivity index (χ1n) is 7.71. The maximum atomic E-state index is 3.68. The van der Waals surface area contributed by atoms with Crippen molar-refractivity contribution in [3.63, 3.8) is 0 Å². The molecule has 0 aliphatic heterocycles. The lowest BCUT2D eigenvalue weighted by molar-refractivity contribution is 0.417. The highest BCUT2D eigenvalue weighted by molar-refractivity contribution is 5.32. The van der Waals surface area contributed by atoms with Crippen molar-refractivity contribution in [2.24, 2.45) is 11.8 Å².